The quantitative estimate of drug-likeness (QED) is 0.369. The van der Waals surface area contributed by atoms with E-state index in [4.69, 9.17) is 0 Å². The Morgan fingerprint density at radius 1 is 1.05 bits per heavy atom. The molecule has 2 aromatic carbocycles. The topological polar surface area (TPSA) is 125 Å². The Morgan fingerprint density at radius 3 is 2.51 bits per heavy atom. The van der Waals surface area contributed by atoms with Gasteiger partial charge in [-0.1, -0.05) is 30.7 Å². The fourth-order valence-corrected chi connectivity index (χ4v) is 7.12. The van der Waals surface area contributed by atoms with E-state index in [2.05, 4.69) is 10.3 Å². The van der Waals surface area contributed by atoms with E-state index in [0.29, 0.717) is 18.8 Å². The van der Waals surface area contributed by atoms with Gasteiger partial charge in [0.1, 0.15) is 16.5 Å². The number of sulfonamides is 1. The third kappa shape index (κ3) is 5.88. The van der Waals surface area contributed by atoms with E-state index in [9.17, 15) is 27.7 Å². The summed E-state index contributed by atoms with van der Waals surface area (Å²) >= 11 is 0.848. The predicted molar refractivity (Wildman–Crippen MR) is 154 cm³/mol. The number of nitriles is 1. The minimum absolute atomic E-state index is 0.0161. The Labute approximate surface area is 239 Å². The Hall–Kier alpha value is -4.44. The highest BCUT2D eigenvalue weighted by atomic mass is 32.2. The predicted octanol–water partition coefficient (Wildman–Crippen LogP) is 2.75. The SMILES string of the molecule is N#C/C(C(=O)Nc1cccc(S(=O)(=O)N2CCCCC2)c1)=c1/s/c(=C\c2ccccn2)c(=O)n1-c1ccccc1F. The number of carbonyl (C=O) groups excluding carboxylic acids is 1. The first kappa shape index (κ1) is 28.1. The number of amides is 1. The standard InChI is InChI=1S/C29H24FN5O4S2/c30-24-12-2-3-13-25(24)35-28(37)26(18-20-9-4-5-14-32-20)40-29(35)23(19-31)27(36)33-21-10-8-11-22(17-21)41(38,39)34-15-6-1-7-16-34/h2-5,8-14,17-18H,1,6-7,15-16H2,(H,33,36)/b26-18-,29-23-. The number of pyridine rings is 1. The molecule has 5 rings (SSSR count). The largest absolute Gasteiger partial charge is 0.321 e. The van der Waals surface area contributed by atoms with Crippen molar-refractivity contribution in [2.75, 3.05) is 18.4 Å². The lowest BCUT2D eigenvalue weighted by Gasteiger charge is -2.26. The molecule has 0 spiro atoms. The molecule has 1 fully saturated rings. The Kier molecular flexibility index (Phi) is 8.21. The Morgan fingerprint density at radius 2 is 1.80 bits per heavy atom. The molecule has 1 N–H and O–H groups in total. The molecule has 0 saturated carbocycles. The third-order valence-electron chi connectivity index (χ3n) is 6.48. The summed E-state index contributed by atoms with van der Waals surface area (Å²) in [6.07, 6.45) is 5.57. The van der Waals surface area contributed by atoms with Crippen LogP contribution in [0.15, 0.2) is 82.6 Å². The molecule has 3 heterocycles. The highest BCUT2D eigenvalue weighted by Crippen LogP contribution is 2.23. The van der Waals surface area contributed by atoms with Gasteiger partial charge in [0.15, 0.2) is 5.57 Å². The summed E-state index contributed by atoms with van der Waals surface area (Å²) in [5, 5.41) is 12.6. The number of aromatic nitrogens is 2. The number of nitrogens with zero attached hydrogens (tertiary/aromatic N) is 4. The highest BCUT2D eigenvalue weighted by molar-refractivity contribution is 7.89. The van der Waals surface area contributed by atoms with Gasteiger partial charge in [-0.15, -0.1) is 11.3 Å². The smallest absolute Gasteiger partial charge is 0.273 e. The second-order valence-electron chi connectivity index (χ2n) is 9.20. The van der Waals surface area contributed by atoms with Gasteiger partial charge in [0.05, 0.1) is 20.8 Å². The number of anilines is 1. The van der Waals surface area contributed by atoms with Crippen molar-refractivity contribution in [3.63, 3.8) is 0 Å². The minimum atomic E-state index is -3.76. The molecule has 1 saturated heterocycles. The number of thiazole rings is 1. The van der Waals surface area contributed by atoms with E-state index < -0.39 is 32.9 Å². The number of halogens is 1. The number of hydrogen-bond acceptors (Lipinski definition) is 7. The van der Waals surface area contributed by atoms with Gasteiger partial charge in [-0.2, -0.15) is 9.57 Å². The van der Waals surface area contributed by atoms with Crippen molar-refractivity contribution in [1.82, 2.24) is 13.9 Å². The Balaban J connectivity index is 1.60. The van der Waals surface area contributed by atoms with Crippen molar-refractivity contribution in [3.8, 4) is 11.8 Å². The lowest BCUT2D eigenvalue weighted by molar-refractivity contribution is -0.111. The Bertz CT molecular complexity index is 1940. The van der Waals surface area contributed by atoms with Gasteiger partial charge in [-0.05, 0) is 61.4 Å². The molecule has 12 heteroatoms. The van der Waals surface area contributed by atoms with Crippen molar-refractivity contribution in [3.05, 3.63) is 104 Å². The summed E-state index contributed by atoms with van der Waals surface area (Å²) in [6, 6.07) is 18.3. The first-order valence-electron chi connectivity index (χ1n) is 12.7. The van der Waals surface area contributed by atoms with Gasteiger partial charge in [0.2, 0.25) is 10.0 Å². The van der Waals surface area contributed by atoms with Gasteiger partial charge in [0, 0.05) is 25.0 Å². The van der Waals surface area contributed by atoms with Crippen LogP contribution in [0.3, 0.4) is 0 Å². The van der Waals surface area contributed by atoms with Crippen LogP contribution in [0, 0.1) is 17.1 Å². The van der Waals surface area contributed by atoms with Crippen molar-refractivity contribution in [2.24, 2.45) is 0 Å². The van der Waals surface area contributed by atoms with E-state index >= 15 is 0 Å². The zero-order valence-electron chi connectivity index (χ0n) is 21.7. The lowest BCUT2D eigenvalue weighted by Crippen LogP contribution is -2.35. The number of piperidine rings is 1. The molecule has 9 nitrogen and oxygen atoms in total. The summed E-state index contributed by atoms with van der Waals surface area (Å²) in [5.74, 6) is -1.60. The summed E-state index contributed by atoms with van der Waals surface area (Å²) < 4.78 is 43.6. The molecule has 0 unspecified atom stereocenters. The highest BCUT2D eigenvalue weighted by Gasteiger charge is 2.26. The number of rotatable bonds is 6. The zero-order valence-corrected chi connectivity index (χ0v) is 23.3. The molecule has 1 aliphatic heterocycles. The van der Waals surface area contributed by atoms with Crippen LogP contribution < -0.4 is 20.1 Å². The van der Waals surface area contributed by atoms with Gasteiger partial charge in [-0.25, -0.2) is 12.8 Å². The molecule has 1 amide bonds. The van der Waals surface area contributed by atoms with Crippen LogP contribution in [0.5, 0.6) is 0 Å². The van der Waals surface area contributed by atoms with E-state index in [1.807, 2.05) is 6.07 Å². The lowest BCUT2D eigenvalue weighted by atomic mass is 10.2. The number of carbonyl (C=O) groups is 1. The van der Waals surface area contributed by atoms with Crippen LogP contribution in [0.1, 0.15) is 25.0 Å². The second kappa shape index (κ2) is 12.0. The van der Waals surface area contributed by atoms with Crippen LogP contribution in [0.25, 0.3) is 17.3 Å². The maximum Gasteiger partial charge on any atom is 0.273 e. The van der Waals surface area contributed by atoms with Crippen LogP contribution in [0.4, 0.5) is 10.1 Å². The van der Waals surface area contributed by atoms with Crippen molar-refractivity contribution >= 4 is 44.6 Å². The maximum atomic E-state index is 14.9. The summed E-state index contributed by atoms with van der Waals surface area (Å²) in [6.45, 7) is 0.851. The van der Waals surface area contributed by atoms with Crippen molar-refractivity contribution in [2.45, 2.75) is 24.2 Å². The van der Waals surface area contributed by atoms with E-state index in [1.165, 1.54) is 58.9 Å². The second-order valence-corrected chi connectivity index (χ2v) is 12.2. The molecular weight excluding hydrogens is 565 g/mol. The molecule has 4 aromatic rings. The summed E-state index contributed by atoms with van der Waals surface area (Å²) in [5.41, 5.74) is -0.582. The minimum Gasteiger partial charge on any atom is -0.321 e. The number of hydrogen-bond donors (Lipinski definition) is 1. The first-order chi connectivity index (χ1) is 19.8. The monoisotopic (exact) mass is 589 g/mol. The van der Waals surface area contributed by atoms with Crippen molar-refractivity contribution in [1.29, 1.82) is 5.26 Å². The van der Waals surface area contributed by atoms with E-state index in [0.717, 1.165) is 35.2 Å². The number of nitrogens with one attached hydrogen (secondary N) is 1. The zero-order chi connectivity index (χ0) is 29.0. The van der Waals surface area contributed by atoms with Gasteiger partial charge < -0.3 is 5.32 Å². The average Bonchev–Trinajstić information content (AvgIpc) is 3.29. The van der Waals surface area contributed by atoms with E-state index in [-0.39, 0.29) is 25.5 Å². The molecular formula is C29H24FN5O4S2. The molecule has 2 aromatic heterocycles. The number of para-hydroxylation sites is 1. The molecule has 1 aliphatic rings. The fraction of sp³-hybridized carbons (Fsp3) is 0.172. The van der Waals surface area contributed by atoms with E-state index in [1.54, 1.807) is 24.4 Å². The summed E-state index contributed by atoms with van der Waals surface area (Å²) in [4.78, 5) is 31.1. The first-order valence-corrected chi connectivity index (χ1v) is 15.0. The van der Waals surface area contributed by atoms with Gasteiger partial charge in [0.25, 0.3) is 11.5 Å². The van der Waals surface area contributed by atoms with Crippen LogP contribution in [-0.4, -0.2) is 41.3 Å². The van der Waals surface area contributed by atoms with Crippen LogP contribution >= 0.6 is 11.3 Å². The van der Waals surface area contributed by atoms with Gasteiger partial charge >= 0.3 is 0 Å². The maximum absolute atomic E-state index is 14.9. The molecule has 41 heavy (non-hydrogen) atoms. The average molecular weight is 590 g/mol. The van der Waals surface area contributed by atoms with Gasteiger partial charge in [-0.3, -0.25) is 19.1 Å². The van der Waals surface area contributed by atoms with Crippen molar-refractivity contribution < 1.29 is 17.6 Å². The number of benzene rings is 2. The molecule has 0 radical (unpaired) electrons. The summed E-state index contributed by atoms with van der Waals surface area (Å²) in [7, 11) is -3.76. The van der Waals surface area contributed by atoms with Crippen LogP contribution in [0.2, 0.25) is 0 Å². The molecule has 0 atom stereocenters. The molecule has 0 aliphatic carbocycles. The normalized spacial score (nSPS) is 15.3. The molecule has 208 valence electrons. The molecule has 0 bridgehead atoms. The van der Waals surface area contributed by atoms with Crippen LogP contribution in [-0.2, 0) is 14.8 Å². The fourth-order valence-electron chi connectivity index (χ4n) is 4.48. The third-order valence-corrected chi connectivity index (χ3v) is 9.47.